The minimum Gasteiger partial charge on any atom is -0.350 e. The van der Waals surface area contributed by atoms with Gasteiger partial charge in [-0.1, -0.05) is 35.4 Å². The smallest absolute Gasteiger partial charge is 0.221 e. The fraction of sp³-hybridized carbons (Fsp3) is 0.316. The molecule has 23 heavy (non-hydrogen) atoms. The zero-order chi connectivity index (χ0) is 16.8. The summed E-state index contributed by atoms with van der Waals surface area (Å²) in [6.07, 6.45) is 0.502. The standard InChI is InChI=1S/C19H22ClNOS/c1-13-4-5-14(2)18(12-13)15(3)21-19(22)10-11-23-17-8-6-16(20)7-9-17/h4-9,12,15H,10-11H2,1-3H3,(H,21,22)/t15-/m0/s1. The highest BCUT2D eigenvalue weighted by Crippen LogP contribution is 2.22. The Labute approximate surface area is 147 Å². The average molecular weight is 348 g/mol. The Kier molecular flexibility index (Phi) is 6.55. The maximum absolute atomic E-state index is 12.1. The van der Waals surface area contributed by atoms with Crippen molar-refractivity contribution in [3.05, 3.63) is 64.2 Å². The minimum absolute atomic E-state index is 0.0305. The van der Waals surface area contributed by atoms with E-state index in [4.69, 9.17) is 11.6 Å². The second-order valence-corrected chi connectivity index (χ2v) is 7.31. The van der Waals surface area contributed by atoms with Crippen LogP contribution in [0.3, 0.4) is 0 Å². The first kappa shape index (κ1) is 17.9. The molecule has 2 aromatic rings. The van der Waals surface area contributed by atoms with Gasteiger partial charge in [0.05, 0.1) is 6.04 Å². The Hall–Kier alpha value is -1.45. The van der Waals surface area contributed by atoms with Crippen LogP contribution in [0.25, 0.3) is 0 Å². The number of thioether (sulfide) groups is 1. The molecule has 0 aromatic heterocycles. The molecule has 4 heteroatoms. The predicted molar refractivity (Wildman–Crippen MR) is 99.3 cm³/mol. The Balaban J connectivity index is 1.82. The minimum atomic E-state index is 0.0305. The van der Waals surface area contributed by atoms with Gasteiger partial charge in [-0.25, -0.2) is 0 Å². The third-order valence-electron chi connectivity index (χ3n) is 3.69. The molecule has 2 rings (SSSR count). The zero-order valence-electron chi connectivity index (χ0n) is 13.7. The number of rotatable bonds is 6. The highest BCUT2D eigenvalue weighted by Gasteiger charge is 2.12. The molecule has 1 N–H and O–H groups in total. The van der Waals surface area contributed by atoms with E-state index in [-0.39, 0.29) is 11.9 Å². The van der Waals surface area contributed by atoms with Crippen molar-refractivity contribution >= 4 is 29.3 Å². The van der Waals surface area contributed by atoms with Crippen LogP contribution in [0.15, 0.2) is 47.4 Å². The van der Waals surface area contributed by atoms with Crippen LogP contribution >= 0.6 is 23.4 Å². The van der Waals surface area contributed by atoms with Crippen LogP contribution in [0.5, 0.6) is 0 Å². The van der Waals surface area contributed by atoms with Gasteiger partial charge in [-0.15, -0.1) is 11.8 Å². The third-order valence-corrected chi connectivity index (χ3v) is 4.96. The van der Waals surface area contributed by atoms with Crippen LogP contribution in [0.2, 0.25) is 5.02 Å². The fourth-order valence-corrected chi connectivity index (χ4v) is 3.39. The quantitative estimate of drug-likeness (QED) is 0.717. The van der Waals surface area contributed by atoms with E-state index in [1.54, 1.807) is 11.8 Å². The van der Waals surface area contributed by atoms with Crippen molar-refractivity contribution in [2.75, 3.05) is 5.75 Å². The zero-order valence-corrected chi connectivity index (χ0v) is 15.3. The topological polar surface area (TPSA) is 29.1 Å². The molecule has 0 fully saturated rings. The largest absolute Gasteiger partial charge is 0.350 e. The molecular weight excluding hydrogens is 326 g/mol. The van der Waals surface area contributed by atoms with Gasteiger partial charge in [0.25, 0.3) is 0 Å². The summed E-state index contributed by atoms with van der Waals surface area (Å²) in [7, 11) is 0. The van der Waals surface area contributed by atoms with Gasteiger partial charge in [-0.2, -0.15) is 0 Å². The number of nitrogens with one attached hydrogen (secondary N) is 1. The van der Waals surface area contributed by atoms with E-state index in [1.807, 2.05) is 31.2 Å². The van der Waals surface area contributed by atoms with Crippen molar-refractivity contribution in [2.45, 2.75) is 38.1 Å². The molecule has 0 saturated carbocycles. The molecule has 122 valence electrons. The molecule has 0 aliphatic heterocycles. The van der Waals surface area contributed by atoms with E-state index in [0.29, 0.717) is 6.42 Å². The van der Waals surface area contributed by atoms with Gasteiger partial charge in [0, 0.05) is 22.1 Å². The molecule has 0 unspecified atom stereocenters. The molecule has 0 aliphatic rings. The Morgan fingerprint density at radius 3 is 2.57 bits per heavy atom. The summed E-state index contributed by atoms with van der Waals surface area (Å²) >= 11 is 7.53. The molecular formula is C19H22ClNOS. The van der Waals surface area contributed by atoms with Crippen molar-refractivity contribution in [2.24, 2.45) is 0 Å². The van der Waals surface area contributed by atoms with Crippen LogP contribution < -0.4 is 5.32 Å². The maximum Gasteiger partial charge on any atom is 0.221 e. The molecule has 0 bridgehead atoms. The average Bonchev–Trinajstić information content (AvgIpc) is 2.51. The molecule has 0 saturated heterocycles. The highest BCUT2D eigenvalue weighted by molar-refractivity contribution is 7.99. The monoisotopic (exact) mass is 347 g/mol. The lowest BCUT2D eigenvalue weighted by atomic mass is 10.00. The number of carbonyl (C=O) groups excluding carboxylic acids is 1. The molecule has 2 nitrogen and oxygen atoms in total. The SMILES string of the molecule is Cc1ccc(C)c([C@H](C)NC(=O)CCSc2ccc(Cl)cc2)c1. The second kappa shape index (κ2) is 8.42. The Morgan fingerprint density at radius 1 is 1.17 bits per heavy atom. The van der Waals surface area contributed by atoms with E-state index in [2.05, 4.69) is 37.4 Å². The lowest BCUT2D eigenvalue weighted by Crippen LogP contribution is -2.27. The molecule has 2 aromatic carbocycles. The summed E-state index contributed by atoms with van der Waals surface area (Å²) in [6, 6.07) is 14.1. The Morgan fingerprint density at radius 2 is 1.87 bits per heavy atom. The van der Waals surface area contributed by atoms with Gasteiger partial charge in [-0.05, 0) is 56.2 Å². The molecule has 0 radical (unpaired) electrons. The fourth-order valence-electron chi connectivity index (χ4n) is 2.41. The van der Waals surface area contributed by atoms with E-state index in [1.165, 1.54) is 16.7 Å². The van der Waals surface area contributed by atoms with Crippen molar-refractivity contribution in [3.63, 3.8) is 0 Å². The first-order valence-corrected chi connectivity index (χ1v) is 9.07. The second-order valence-electron chi connectivity index (χ2n) is 5.70. The van der Waals surface area contributed by atoms with Gasteiger partial charge in [0.15, 0.2) is 0 Å². The molecule has 0 heterocycles. The summed E-state index contributed by atoms with van der Waals surface area (Å²) in [6.45, 7) is 6.18. The number of amides is 1. The number of hydrogen-bond acceptors (Lipinski definition) is 2. The number of aryl methyl sites for hydroxylation is 2. The third kappa shape index (κ3) is 5.60. The van der Waals surface area contributed by atoms with Crippen molar-refractivity contribution in [1.82, 2.24) is 5.32 Å². The molecule has 0 aliphatic carbocycles. The van der Waals surface area contributed by atoms with E-state index >= 15 is 0 Å². The van der Waals surface area contributed by atoms with E-state index < -0.39 is 0 Å². The number of benzene rings is 2. The van der Waals surface area contributed by atoms with Crippen molar-refractivity contribution in [3.8, 4) is 0 Å². The first-order chi connectivity index (χ1) is 11.0. The molecule has 1 atom stereocenters. The maximum atomic E-state index is 12.1. The Bertz CT molecular complexity index is 670. The predicted octanol–water partition coefficient (Wildman–Crippen LogP) is 5.32. The lowest BCUT2D eigenvalue weighted by molar-refractivity contribution is -0.121. The van der Waals surface area contributed by atoms with Crippen molar-refractivity contribution < 1.29 is 4.79 Å². The summed E-state index contributed by atoms with van der Waals surface area (Å²) in [5.41, 5.74) is 3.60. The molecule has 0 spiro atoms. The van der Waals surface area contributed by atoms with Crippen LogP contribution in [0.1, 0.15) is 36.1 Å². The summed E-state index contributed by atoms with van der Waals surface area (Å²) in [4.78, 5) is 13.3. The molecule has 1 amide bonds. The highest BCUT2D eigenvalue weighted by atomic mass is 35.5. The number of hydrogen-bond donors (Lipinski definition) is 1. The van der Waals surface area contributed by atoms with Crippen molar-refractivity contribution in [1.29, 1.82) is 0 Å². The lowest BCUT2D eigenvalue weighted by Gasteiger charge is -2.17. The van der Waals surface area contributed by atoms with Crippen LogP contribution in [0, 0.1) is 13.8 Å². The number of halogens is 1. The van der Waals surface area contributed by atoms with E-state index in [9.17, 15) is 4.79 Å². The van der Waals surface area contributed by atoms with Crippen LogP contribution in [-0.2, 0) is 4.79 Å². The first-order valence-electron chi connectivity index (χ1n) is 7.70. The van der Waals surface area contributed by atoms with Gasteiger partial charge in [0.1, 0.15) is 0 Å². The van der Waals surface area contributed by atoms with E-state index in [0.717, 1.165) is 15.7 Å². The van der Waals surface area contributed by atoms with Gasteiger partial charge in [0.2, 0.25) is 5.91 Å². The van der Waals surface area contributed by atoms with Crippen LogP contribution in [-0.4, -0.2) is 11.7 Å². The summed E-state index contributed by atoms with van der Waals surface area (Å²) in [5.74, 6) is 0.840. The van der Waals surface area contributed by atoms with Crippen LogP contribution in [0.4, 0.5) is 0 Å². The summed E-state index contributed by atoms with van der Waals surface area (Å²) in [5, 5.41) is 3.82. The normalized spacial score (nSPS) is 12.0. The van der Waals surface area contributed by atoms with Gasteiger partial charge >= 0.3 is 0 Å². The summed E-state index contributed by atoms with van der Waals surface area (Å²) < 4.78 is 0. The van der Waals surface area contributed by atoms with Gasteiger partial charge in [-0.3, -0.25) is 4.79 Å². The van der Waals surface area contributed by atoms with Gasteiger partial charge < -0.3 is 5.32 Å². The number of carbonyl (C=O) groups is 1.